The molecule has 0 atom stereocenters. The number of rotatable bonds is 5. The van der Waals surface area contributed by atoms with Crippen LogP contribution in [0.3, 0.4) is 0 Å². The van der Waals surface area contributed by atoms with Gasteiger partial charge in [-0.25, -0.2) is 4.98 Å². The average molecular weight is 413 g/mol. The van der Waals surface area contributed by atoms with Crippen molar-refractivity contribution in [1.82, 2.24) is 15.2 Å². The van der Waals surface area contributed by atoms with Crippen LogP contribution < -0.4 is 10.2 Å². The van der Waals surface area contributed by atoms with Gasteiger partial charge in [0.05, 0.1) is 12.1 Å². The molecule has 0 bridgehead atoms. The van der Waals surface area contributed by atoms with Gasteiger partial charge >= 0.3 is 6.18 Å². The predicted molar refractivity (Wildman–Crippen MR) is 101 cm³/mol. The third-order valence-corrected chi connectivity index (χ3v) is 4.75. The number of halogens is 4. The fourth-order valence-corrected chi connectivity index (χ4v) is 3.20. The second kappa shape index (κ2) is 8.79. The smallest absolute Gasteiger partial charge is 0.354 e. The van der Waals surface area contributed by atoms with E-state index in [9.17, 15) is 18.0 Å². The number of carbonyl (C=O) groups excluding carboxylic acids is 1. The zero-order valence-electron chi connectivity index (χ0n) is 15.0. The highest BCUT2D eigenvalue weighted by Gasteiger charge is 2.31. The van der Waals surface area contributed by atoms with Gasteiger partial charge < -0.3 is 10.2 Å². The van der Waals surface area contributed by atoms with E-state index in [0.29, 0.717) is 43.6 Å². The van der Waals surface area contributed by atoms with Crippen LogP contribution in [0.15, 0.2) is 42.6 Å². The molecule has 0 saturated carbocycles. The molecule has 2 heterocycles. The molecule has 0 radical (unpaired) electrons. The van der Waals surface area contributed by atoms with Crippen molar-refractivity contribution in [3.63, 3.8) is 0 Å². The van der Waals surface area contributed by atoms with Gasteiger partial charge in [0.25, 0.3) is 0 Å². The Morgan fingerprint density at radius 3 is 2.50 bits per heavy atom. The first-order valence-corrected chi connectivity index (χ1v) is 9.21. The van der Waals surface area contributed by atoms with E-state index in [1.807, 2.05) is 21.9 Å². The van der Waals surface area contributed by atoms with Crippen LogP contribution in [0, 0.1) is 0 Å². The summed E-state index contributed by atoms with van der Waals surface area (Å²) in [5.74, 6) is 0.430. The molecule has 150 valence electrons. The van der Waals surface area contributed by atoms with Crippen molar-refractivity contribution in [2.45, 2.75) is 12.7 Å². The first-order chi connectivity index (χ1) is 13.3. The quantitative estimate of drug-likeness (QED) is 0.819. The van der Waals surface area contributed by atoms with Crippen LogP contribution in [-0.4, -0.2) is 48.5 Å². The van der Waals surface area contributed by atoms with Crippen LogP contribution in [0.1, 0.15) is 11.1 Å². The van der Waals surface area contributed by atoms with Crippen LogP contribution >= 0.6 is 11.6 Å². The third kappa shape index (κ3) is 5.59. The summed E-state index contributed by atoms with van der Waals surface area (Å²) in [6.45, 7) is 3.14. The molecule has 0 spiro atoms. The predicted octanol–water partition coefficient (Wildman–Crippen LogP) is 3.19. The lowest BCUT2D eigenvalue weighted by molar-refractivity contribution is -0.137. The number of aromatic nitrogens is 1. The van der Waals surface area contributed by atoms with Crippen LogP contribution in [0.5, 0.6) is 0 Å². The monoisotopic (exact) mass is 412 g/mol. The Labute approximate surface area is 166 Å². The van der Waals surface area contributed by atoms with Crippen LogP contribution in [0.4, 0.5) is 19.0 Å². The highest BCUT2D eigenvalue weighted by molar-refractivity contribution is 6.30. The highest BCUT2D eigenvalue weighted by Crippen LogP contribution is 2.29. The second-order valence-corrected chi connectivity index (χ2v) is 7.01. The van der Waals surface area contributed by atoms with E-state index >= 15 is 0 Å². The first kappa shape index (κ1) is 20.4. The maximum atomic E-state index is 12.6. The van der Waals surface area contributed by atoms with Gasteiger partial charge in [-0.2, -0.15) is 13.2 Å². The molecule has 1 saturated heterocycles. The molecule has 2 aromatic rings. The van der Waals surface area contributed by atoms with Crippen molar-refractivity contribution in [1.29, 1.82) is 0 Å². The van der Waals surface area contributed by atoms with Crippen molar-refractivity contribution in [2.75, 3.05) is 37.6 Å². The number of benzene rings is 1. The number of carbonyl (C=O) groups is 1. The molecule has 0 unspecified atom stereocenters. The standard InChI is InChI=1S/C19H20ClF3N4O/c20-16-3-1-2-14(10-16)11-25-18(28)13-26-6-8-27(9-7-26)17-5-4-15(12-24-17)19(21,22)23/h1-5,10,12H,6-9,11,13H2,(H,25,28). The van der Waals surface area contributed by atoms with E-state index in [0.717, 1.165) is 17.8 Å². The van der Waals surface area contributed by atoms with Crippen LogP contribution in [0.25, 0.3) is 0 Å². The highest BCUT2D eigenvalue weighted by atomic mass is 35.5. The first-order valence-electron chi connectivity index (χ1n) is 8.83. The zero-order chi connectivity index (χ0) is 20.1. The van der Waals surface area contributed by atoms with Gasteiger partial charge in [-0.15, -0.1) is 0 Å². The number of nitrogens with zero attached hydrogens (tertiary/aromatic N) is 3. The topological polar surface area (TPSA) is 48.5 Å². The van der Waals surface area contributed by atoms with Crippen LogP contribution in [0.2, 0.25) is 5.02 Å². The number of piperazine rings is 1. The molecular weight excluding hydrogens is 393 g/mol. The summed E-state index contributed by atoms with van der Waals surface area (Å²) in [5, 5.41) is 3.49. The minimum absolute atomic E-state index is 0.0823. The molecular formula is C19H20ClF3N4O. The lowest BCUT2D eigenvalue weighted by Gasteiger charge is -2.35. The zero-order valence-corrected chi connectivity index (χ0v) is 15.8. The molecule has 9 heteroatoms. The molecule has 1 aromatic heterocycles. The largest absolute Gasteiger partial charge is 0.417 e. The molecule has 1 N–H and O–H groups in total. The SMILES string of the molecule is O=C(CN1CCN(c2ccc(C(F)(F)F)cn2)CC1)NCc1cccc(Cl)c1. The van der Waals surface area contributed by atoms with Gasteiger partial charge in [0.2, 0.25) is 5.91 Å². The number of amides is 1. The van der Waals surface area contributed by atoms with E-state index in [2.05, 4.69) is 10.3 Å². The lowest BCUT2D eigenvalue weighted by atomic mass is 10.2. The number of nitrogens with one attached hydrogen (secondary N) is 1. The van der Waals surface area contributed by atoms with E-state index in [4.69, 9.17) is 11.6 Å². The van der Waals surface area contributed by atoms with E-state index in [-0.39, 0.29) is 12.5 Å². The van der Waals surface area contributed by atoms with Crippen molar-refractivity contribution < 1.29 is 18.0 Å². The number of pyridine rings is 1. The second-order valence-electron chi connectivity index (χ2n) is 6.57. The minimum Gasteiger partial charge on any atom is -0.354 e. The van der Waals surface area contributed by atoms with Gasteiger partial charge in [0.1, 0.15) is 5.82 Å². The maximum absolute atomic E-state index is 12.6. The summed E-state index contributed by atoms with van der Waals surface area (Å²) >= 11 is 5.92. The van der Waals surface area contributed by atoms with Gasteiger partial charge in [-0.3, -0.25) is 9.69 Å². The lowest BCUT2D eigenvalue weighted by Crippen LogP contribution is -2.49. The van der Waals surface area contributed by atoms with Gasteiger partial charge in [0, 0.05) is 43.9 Å². The number of hydrogen-bond donors (Lipinski definition) is 1. The van der Waals surface area contributed by atoms with E-state index in [1.54, 1.807) is 12.1 Å². The summed E-state index contributed by atoms with van der Waals surface area (Å²) in [5.41, 5.74) is 0.172. The summed E-state index contributed by atoms with van der Waals surface area (Å²) in [4.78, 5) is 20.0. The Hall–Kier alpha value is -2.32. The summed E-state index contributed by atoms with van der Waals surface area (Å²) < 4.78 is 37.9. The molecule has 1 aliphatic rings. The molecule has 3 rings (SSSR count). The number of hydrogen-bond acceptors (Lipinski definition) is 4. The molecule has 1 aromatic carbocycles. The van der Waals surface area contributed by atoms with Crippen molar-refractivity contribution in [2.24, 2.45) is 0 Å². The molecule has 0 aliphatic carbocycles. The third-order valence-electron chi connectivity index (χ3n) is 4.52. The molecule has 1 aliphatic heterocycles. The van der Waals surface area contributed by atoms with Gasteiger partial charge in [0.15, 0.2) is 0 Å². The number of alkyl halides is 3. The summed E-state index contributed by atoms with van der Waals surface area (Å²) in [7, 11) is 0. The van der Waals surface area contributed by atoms with E-state index < -0.39 is 11.7 Å². The van der Waals surface area contributed by atoms with Crippen LogP contribution in [-0.2, 0) is 17.5 Å². The fourth-order valence-electron chi connectivity index (χ4n) is 2.98. The minimum atomic E-state index is -4.39. The van der Waals surface area contributed by atoms with Crippen molar-refractivity contribution in [3.05, 3.63) is 58.7 Å². The van der Waals surface area contributed by atoms with Crippen molar-refractivity contribution >= 4 is 23.3 Å². The maximum Gasteiger partial charge on any atom is 0.417 e. The Kier molecular flexibility index (Phi) is 6.41. The van der Waals surface area contributed by atoms with Gasteiger partial charge in [-0.05, 0) is 29.8 Å². The Balaban J connectivity index is 1.44. The normalized spacial score (nSPS) is 15.5. The average Bonchev–Trinajstić information content (AvgIpc) is 2.67. The van der Waals surface area contributed by atoms with Gasteiger partial charge in [-0.1, -0.05) is 23.7 Å². The summed E-state index contributed by atoms with van der Waals surface area (Å²) in [6.07, 6.45) is -3.53. The van der Waals surface area contributed by atoms with Crippen molar-refractivity contribution in [3.8, 4) is 0 Å². The molecule has 1 amide bonds. The molecule has 5 nitrogen and oxygen atoms in total. The number of anilines is 1. The molecule has 1 fully saturated rings. The fraction of sp³-hybridized carbons (Fsp3) is 0.368. The summed E-state index contributed by atoms with van der Waals surface area (Å²) in [6, 6.07) is 9.73. The Morgan fingerprint density at radius 1 is 1.14 bits per heavy atom. The molecule has 28 heavy (non-hydrogen) atoms. The Morgan fingerprint density at radius 2 is 1.89 bits per heavy atom. The Bertz CT molecular complexity index is 806. The van der Waals surface area contributed by atoms with E-state index in [1.165, 1.54) is 6.07 Å².